The molecule has 0 spiro atoms. The molecule has 2 rings (SSSR count). The van der Waals surface area contributed by atoms with Gasteiger partial charge in [-0.15, -0.1) is 0 Å². The highest BCUT2D eigenvalue weighted by Gasteiger charge is 2.54. The minimum Gasteiger partial charge on any atom is -0.452 e. The van der Waals surface area contributed by atoms with Crippen LogP contribution in [0.15, 0.2) is 30.3 Å². The van der Waals surface area contributed by atoms with E-state index in [1.807, 2.05) is 37.3 Å². The Labute approximate surface area is 101 Å². The van der Waals surface area contributed by atoms with Gasteiger partial charge >= 0.3 is 5.97 Å². The van der Waals surface area contributed by atoms with Crippen molar-refractivity contribution in [2.75, 3.05) is 0 Å². The quantitative estimate of drug-likeness (QED) is 0.817. The van der Waals surface area contributed by atoms with Gasteiger partial charge in [0.1, 0.15) is 5.60 Å². The van der Waals surface area contributed by atoms with E-state index in [4.69, 9.17) is 4.74 Å². The standard InChI is InChI=1S/C14H18O3/c1-3-13(16)10-14(4-2,17-12(13)15)11-8-6-5-7-9-11/h5-9,16H,3-4,10H2,1-2H3/t13-,14-/m0/s1. The second-order valence-electron chi connectivity index (χ2n) is 4.67. The van der Waals surface area contributed by atoms with Gasteiger partial charge in [-0.05, 0) is 18.4 Å². The van der Waals surface area contributed by atoms with Gasteiger partial charge in [0.05, 0.1) is 0 Å². The van der Waals surface area contributed by atoms with Gasteiger partial charge in [-0.1, -0.05) is 44.2 Å². The molecule has 0 aliphatic carbocycles. The zero-order valence-corrected chi connectivity index (χ0v) is 10.3. The minimum absolute atomic E-state index is 0.343. The van der Waals surface area contributed by atoms with Crippen LogP contribution in [0.25, 0.3) is 0 Å². The number of hydrogen-bond acceptors (Lipinski definition) is 3. The molecular weight excluding hydrogens is 216 g/mol. The van der Waals surface area contributed by atoms with E-state index >= 15 is 0 Å². The Morgan fingerprint density at radius 2 is 1.88 bits per heavy atom. The molecule has 3 heteroatoms. The Kier molecular flexibility index (Phi) is 2.96. The average Bonchev–Trinajstić information content (AvgIpc) is 2.65. The second-order valence-corrected chi connectivity index (χ2v) is 4.67. The van der Waals surface area contributed by atoms with Gasteiger partial charge in [-0.3, -0.25) is 0 Å². The van der Waals surface area contributed by atoms with Crippen LogP contribution in [0.5, 0.6) is 0 Å². The molecule has 1 saturated heterocycles. The molecule has 1 N–H and O–H groups in total. The summed E-state index contributed by atoms with van der Waals surface area (Å²) in [5.41, 5.74) is -1.03. The predicted octanol–water partition coefficient (Wildman–Crippen LogP) is 2.38. The highest BCUT2D eigenvalue weighted by atomic mass is 16.6. The van der Waals surface area contributed by atoms with Crippen LogP contribution in [0.1, 0.15) is 38.7 Å². The number of carbonyl (C=O) groups is 1. The molecule has 3 nitrogen and oxygen atoms in total. The van der Waals surface area contributed by atoms with Crippen molar-refractivity contribution in [2.24, 2.45) is 0 Å². The Bertz CT molecular complexity index is 415. The van der Waals surface area contributed by atoms with Crippen molar-refractivity contribution in [3.8, 4) is 0 Å². The molecule has 0 saturated carbocycles. The summed E-state index contributed by atoms with van der Waals surface area (Å²) in [5.74, 6) is -0.495. The summed E-state index contributed by atoms with van der Waals surface area (Å²) in [4.78, 5) is 11.8. The molecule has 1 aromatic carbocycles. The number of ether oxygens (including phenoxy) is 1. The molecule has 1 fully saturated rings. The number of cyclic esters (lactones) is 1. The molecule has 1 aliphatic heterocycles. The van der Waals surface area contributed by atoms with E-state index in [1.54, 1.807) is 6.92 Å². The number of benzene rings is 1. The first-order chi connectivity index (χ1) is 8.06. The van der Waals surface area contributed by atoms with Crippen molar-refractivity contribution in [1.29, 1.82) is 0 Å². The monoisotopic (exact) mass is 234 g/mol. The van der Waals surface area contributed by atoms with Gasteiger partial charge in [0.25, 0.3) is 0 Å². The Balaban J connectivity index is 2.39. The van der Waals surface area contributed by atoms with Crippen molar-refractivity contribution in [2.45, 2.75) is 44.3 Å². The van der Waals surface area contributed by atoms with Crippen LogP contribution in [-0.2, 0) is 15.1 Å². The van der Waals surface area contributed by atoms with Crippen molar-refractivity contribution in [1.82, 2.24) is 0 Å². The van der Waals surface area contributed by atoms with Crippen molar-refractivity contribution in [3.63, 3.8) is 0 Å². The zero-order chi connectivity index (χ0) is 12.5. The van der Waals surface area contributed by atoms with Gasteiger partial charge in [-0.25, -0.2) is 4.79 Å². The molecule has 1 heterocycles. The predicted molar refractivity (Wildman–Crippen MR) is 64.4 cm³/mol. The lowest BCUT2D eigenvalue weighted by Gasteiger charge is -2.27. The molecule has 17 heavy (non-hydrogen) atoms. The Morgan fingerprint density at radius 3 is 2.35 bits per heavy atom. The third-order valence-corrected chi connectivity index (χ3v) is 3.70. The highest BCUT2D eigenvalue weighted by molar-refractivity contribution is 5.82. The number of rotatable bonds is 3. The number of hydrogen-bond donors (Lipinski definition) is 1. The largest absolute Gasteiger partial charge is 0.452 e. The van der Waals surface area contributed by atoms with Gasteiger partial charge < -0.3 is 9.84 Å². The molecular formula is C14H18O3. The molecule has 1 aromatic rings. The van der Waals surface area contributed by atoms with Crippen LogP contribution >= 0.6 is 0 Å². The van der Waals surface area contributed by atoms with Gasteiger partial charge in [-0.2, -0.15) is 0 Å². The van der Waals surface area contributed by atoms with E-state index in [0.29, 0.717) is 19.3 Å². The van der Waals surface area contributed by atoms with Gasteiger partial charge in [0.2, 0.25) is 0 Å². The molecule has 0 radical (unpaired) electrons. The maximum absolute atomic E-state index is 11.8. The van der Waals surface area contributed by atoms with E-state index in [1.165, 1.54) is 0 Å². The highest BCUT2D eigenvalue weighted by Crippen LogP contribution is 2.45. The fraction of sp³-hybridized carbons (Fsp3) is 0.500. The number of carbonyl (C=O) groups excluding carboxylic acids is 1. The lowest BCUT2D eigenvalue weighted by Crippen LogP contribution is -2.33. The van der Waals surface area contributed by atoms with Crippen LogP contribution in [0.3, 0.4) is 0 Å². The fourth-order valence-electron chi connectivity index (χ4n) is 2.43. The first kappa shape index (κ1) is 12.1. The molecule has 92 valence electrons. The average molecular weight is 234 g/mol. The van der Waals surface area contributed by atoms with Crippen LogP contribution in [0, 0.1) is 0 Å². The fourth-order valence-corrected chi connectivity index (χ4v) is 2.43. The molecule has 2 atom stereocenters. The van der Waals surface area contributed by atoms with E-state index in [0.717, 1.165) is 5.56 Å². The smallest absolute Gasteiger partial charge is 0.339 e. The minimum atomic E-state index is -1.33. The van der Waals surface area contributed by atoms with Crippen LogP contribution in [0.2, 0.25) is 0 Å². The third-order valence-electron chi connectivity index (χ3n) is 3.70. The van der Waals surface area contributed by atoms with Crippen LogP contribution in [-0.4, -0.2) is 16.7 Å². The normalized spacial score (nSPS) is 32.5. The summed E-state index contributed by atoms with van der Waals surface area (Å²) in [7, 11) is 0. The lowest BCUT2D eigenvalue weighted by molar-refractivity contribution is -0.160. The van der Waals surface area contributed by atoms with E-state index in [2.05, 4.69) is 0 Å². The summed E-state index contributed by atoms with van der Waals surface area (Å²) in [6.45, 7) is 3.78. The van der Waals surface area contributed by atoms with Gasteiger partial charge in [0.15, 0.2) is 5.60 Å². The third kappa shape index (κ3) is 1.84. The van der Waals surface area contributed by atoms with Crippen LogP contribution in [0.4, 0.5) is 0 Å². The molecule has 0 unspecified atom stereocenters. The summed E-state index contributed by atoms with van der Waals surface area (Å²) in [6.07, 6.45) is 1.40. The molecule has 0 aromatic heterocycles. The summed E-state index contributed by atoms with van der Waals surface area (Å²) >= 11 is 0. The van der Waals surface area contributed by atoms with Crippen molar-refractivity contribution >= 4 is 5.97 Å². The molecule has 1 aliphatic rings. The SMILES string of the molecule is CC[C@]1(O)C[C@@](CC)(c2ccccc2)OC1=O. The second kappa shape index (κ2) is 4.15. The maximum Gasteiger partial charge on any atom is 0.339 e. The first-order valence-electron chi connectivity index (χ1n) is 6.08. The van der Waals surface area contributed by atoms with Crippen LogP contribution < -0.4 is 0 Å². The lowest BCUT2D eigenvalue weighted by atomic mass is 9.82. The zero-order valence-electron chi connectivity index (χ0n) is 10.3. The first-order valence-corrected chi connectivity index (χ1v) is 6.08. The maximum atomic E-state index is 11.8. The molecule has 0 amide bonds. The number of aliphatic hydroxyl groups is 1. The Morgan fingerprint density at radius 1 is 1.24 bits per heavy atom. The van der Waals surface area contributed by atoms with E-state index < -0.39 is 17.2 Å². The summed E-state index contributed by atoms with van der Waals surface area (Å²) < 4.78 is 5.50. The van der Waals surface area contributed by atoms with Gasteiger partial charge in [0, 0.05) is 6.42 Å². The van der Waals surface area contributed by atoms with Crippen molar-refractivity contribution < 1.29 is 14.6 Å². The van der Waals surface area contributed by atoms with E-state index in [-0.39, 0.29) is 0 Å². The molecule has 0 bridgehead atoms. The van der Waals surface area contributed by atoms with E-state index in [9.17, 15) is 9.90 Å². The summed E-state index contributed by atoms with van der Waals surface area (Å²) in [5, 5.41) is 10.2. The topological polar surface area (TPSA) is 46.5 Å². The summed E-state index contributed by atoms with van der Waals surface area (Å²) in [6, 6.07) is 9.65. The number of esters is 1. The van der Waals surface area contributed by atoms with Crippen molar-refractivity contribution in [3.05, 3.63) is 35.9 Å². The Hall–Kier alpha value is -1.35.